The predicted octanol–water partition coefficient (Wildman–Crippen LogP) is 2.15. The lowest BCUT2D eigenvalue weighted by molar-refractivity contribution is -0.119. The molecule has 2 aliphatic rings. The van der Waals surface area contributed by atoms with Gasteiger partial charge in [-0.3, -0.25) is 19.1 Å². The molecule has 0 radical (unpaired) electrons. The summed E-state index contributed by atoms with van der Waals surface area (Å²) >= 11 is 1.40. The number of nitrogens with zero attached hydrogens (tertiary/aromatic N) is 5. The fraction of sp³-hybridized carbons (Fsp3) is 0.381. The van der Waals surface area contributed by atoms with Crippen molar-refractivity contribution in [3.63, 3.8) is 0 Å². The highest BCUT2D eigenvalue weighted by atomic mass is 32.1. The second-order valence-corrected chi connectivity index (χ2v) is 8.61. The van der Waals surface area contributed by atoms with E-state index >= 15 is 0 Å². The first-order chi connectivity index (χ1) is 14.1. The monoisotopic (exact) mass is 409 g/mol. The van der Waals surface area contributed by atoms with Gasteiger partial charge in [-0.1, -0.05) is 12.1 Å². The smallest absolute Gasteiger partial charge is 0.272 e. The number of fused-ring (bicyclic) bond motifs is 2. The Kier molecular flexibility index (Phi) is 4.60. The highest BCUT2D eigenvalue weighted by Gasteiger charge is 2.28. The molecule has 0 aliphatic carbocycles. The van der Waals surface area contributed by atoms with Gasteiger partial charge in [0.2, 0.25) is 11.9 Å². The minimum absolute atomic E-state index is 0.00891. The third-order valence-corrected chi connectivity index (χ3v) is 6.67. The molecule has 2 aliphatic heterocycles. The summed E-state index contributed by atoms with van der Waals surface area (Å²) in [6.45, 7) is 5.00. The largest absolute Gasteiger partial charge is 0.369 e. The van der Waals surface area contributed by atoms with Gasteiger partial charge in [0.05, 0.1) is 12.1 Å². The third-order valence-electron chi connectivity index (χ3n) is 5.78. The first-order valence-electron chi connectivity index (χ1n) is 9.91. The van der Waals surface area contributed by atoms with E-state index in [9.17, 15) is 9.59 Å². The minimum Gasteiger partial charge on any atom is -0.369 e. The molecule has 5 rings (SSSR count). The number of carbonyl (C=O) groups is 1. The minimum atomic E-state index is -0.0529. The average molecular weight is 410 g/mol. The van der Waals surface area contributed by atoms with E-state index in [4.69, 9.17) is 0 Å². The lowest BCUT2D eigenvalue weighted by atomic mass is 10.1. The molecule has 3 aromatic rings. The number of hydrogen-bond acceptors (Lipinski definition) is 6. The highest BCUT2D eigenvalue weighted by Crippen LogP contribution is 2.25. The van der Waals surface area contributed by atoms with Crippen LogP contribution in [0.25, 0.3) is 10.2 Å². The Bertz CT molecular complexity index is 1110. The van der Waals surface area contributed by atoms with Gasteiger partial charge in [-0.05, 0) is 36.2 Å². The van der Waals surface area contributed by atoms with Gasteiger partial charge in [-0.2, -0.15) is 0 Å². The number of anilines is 2. The number of benzene rings is 1. The molecule has 0 N–H and O–H groups in total. The fourth-order valence-electron chi connectivity index (χ4n) is 4.01. The molecule has 150 valence electrons. The maximum Gasteiger partial charge on any atom is 0.272 e. The highest BCUT2D eigenvalue weighted by molar-refractivity contribution is 7.17. The summed E-state index contributed by atoms with van der Waals surface area (Å²) in [5.41, 5.74) is 2.85. The topological polar surface area (TPSA) is 61.7 Å². The number of hydrogen-bond donors (Lipinski definition) is 0. The van der Waals surface area contributed by atoms with Crippen molar-refractivity contribution in [1.29, 1.82) is 0 Å². The molecule has 1 saturated heterocycles. The fourth-order valence-corrected chi connectivity index (χ4v) is 4.79. The van der Waals surface area contributed by atoms with Gasteiger partial charge in [0.1, 0.15) is 4.70 Å². The van der Waals surface area contributed by atoms with Gasteiger partial charge in [0.15, 0.2) is 0 Å². The van der Waals surface area contributed by atoms with Crippen LogP contribution in [0.3, 0.4) is 0 Å². The zero-order chi connectivity index (χ0) is 20.0. The summed E-state index contributed by atoms with van der Waals surface area (Å²) in [7, 11) is 2.15. The van der Waals surface area contributed by atoms with Crippen LogP contribution in [0.15, 0.2) is 40.5 Å². The molecule has 8 heteroatoms. The molecule has 4 heterocycles. The quantitative estimate of drug-likeness (QED) is 0.663. The number of thiophene rings is 1. The average Bonchev–Trinajstić information content (AvgIpc) is 3.21. The summed E-state index contributed by atoms with van der Waals surface area (Å²) in [5, 5.41) is 1.87. The first-order valence-corrected chi connectivity index (χ1v) is 10.8. The molecule has 7 nitrogen and oxygen atoms in total. The molecule has 0 atom stereocenters. The molecule has 0 unspecified atom stereocenters. The number of aromatic nitrogens is 2. The number of carbonyl (C=O) groups excluding carboxylic acids is 1. The van der Waals surface area contributed by atoms with Gasteiger partial charge >= 0.3 is 0 Å². The molecule has 0 saturated carbocycles. The van der Waals surface area contributed by atoms with Gasteiger partial charge < -0.3 is 9.80 Å². The zero-order valence-electron chi connectivity index (χ0n) is 16.4. The van der Waals surface area contributed by atoms with E-state index in [1.54, 1.807) is 9.47 Å². The van der Waals surface area contributed by atoms with Crippen LogP contribution >= 0.6 is 11.3 Å². The first kappa shape index (κ1) is 18.3. The normalized spacial score (nSPS) is 17.8. The van der Waals surface area contributed by atoms with Crippen LogP contribution in [0.4, 0.5) is 11.6 Å². The van der Waals surface area contributed by atoms with Crippen LogP contribution in [0.1, 0.15) is 12.0 Å². The van der Waals surface area contributed by atoms with Crippen LogP contribution in [0.2, 0.25) is 0 Å². The Balaban J connectivity index is 1.41. The molecule has 29 heavy (non-hydrogen) atoms. The standard InChI is InChI=1S/C21H23N5O2S/c1-23-9-11-24(12-10-23)16-4-2-15(3-5-16)14-26-18(27)6-8-25-20(28)19-17(7-13-29-19)22-21(25)26/h2-5,7,13H,6,8-12,14H2,1H3. The van der Waals surface area contributed by atoms with Crippen molar-refractivity contribution < 1.29 is 4.79 Å². The Morgan fingerprint density at radius 3 is 2.52 bits per heavy atom. The Morgan fingerprint density at radius 2 is 1.76 bits per heavy atom. The second-order valence-electron chi connectivity index (χ2n) is 7.69. The second kappa shape index (κ2) is 7.27. The maximum absolute atomic E-state index is 12.8. The van der Waals surface area contributed by atoms with Gasteiger partial charge in [0, 0.05) is 44.8 Å². The van der Waals surface area contributed by atoms with Gasteiger partial charge in [0.25, 0.3) is 5.56 Å². The SMILES string of the molecule is CN1CCN(c2ccc(CN3C(=O)CCn4c3nc3ccsc3c4=O)cc2)CC1. The molecule has 1 aromatic carbocycles. The predicted molar refractivity (Wildman–Crippen MR) is 116 cm³/mol. The molecular weight excluding hydrogens is 386 g/mol. The molecule has 0 spiro atoms. The van der Waals surface area contributed by atoms with Crippen LogP contribution < -0.4 is 15.4 Å². The molecule has 0 bridgehead atoms. The lowest BCUT2D eigenvalue weighted by Crippen LogP contribution is -2.44. The van der Waals surface area contributed by atoms with Gasteiger partial charge in [-0.15, -0.1) is 11.3 Å². The molecule has 1 amide bonds. The number of piperazine rings is 1. The molecule has 2 aromatic heterocycles. The summed E-state index contributed by atoms with van der Waals surface area (Å²) < 4.78 is 2.29. The van der Waals surface area contributed by atoms with Crippen LogP contribution in [-0.4, -0.2) is 53.6 Å². The maximum atomic E-state index is 12.8. The summed E-state index contributed by atoms with van der Waals surface area (Å²) in [4.78, 5) is 36.4. The number of rotatable bonds is 3. The van der Waals surface area contributed by atoms with E-state index in [2.05, 4.69) is 46.1 Å². The van der Waals surface area contributed by atoms with Crippen LogP contribution in [0, 0.1) is 0 Å². The number of likely N-dealkylation sites (N-methyl/N-ethyl adjacent to an activating group) is 1. The Labute approximate surface area is 172 Å². The van der Waals surface area contributed by atoms with Crippen molar-refractivity contribution in [2.75, 3.05) is 43.0 Å². The lowest BCUT2D eigenvalue weighted by Gasteiger charge is -2.34. The van der Waals surface area contributed by atoms with Gasteiger partial charge in [-0.25, -0.2) is 4.98 Å². The zero-order valence-corrected chi connectivity index (χ0v) is 17.2. The van der Waals surface area contributed by atoms with Crippen LogP contribution in [0.5, 0.6) is 0 Å². The third kappa shape index (κ3) is 3.32. The van der Waals surface area contributed by atoms with E-state index in [1.807, 2.05) is 11.4 Å². The molecule has 1 fully saturated rings. The van der Waals surface area contributed by atoms with Crippen molar-refractivity contribution in [3.8, 4) is 0 Å². The van der Waals surface area contributed by atoms with E-state index in [0.29, 0.717) is 35.7 Å². The Morgan fingerprint density at radius 1 is 1.00 bits per heavy atom. The van der Waals surface area contributed by atoms with Crippen molar-refractivity contribution in [2.45, 2.75) is 19.5 Å². The van der Waals surface area contributed by atoms with E-state index < -0.39 is 0 Å². The van der Waals surface area contributed by atoms with Crippen LogP contribution in [-0.2, 0) is 17.9 Å². The van der Waals surface area contributed by atoms with Crippen molar-refractivity contribution in [2.24, 2.45) is 0 Å². The van der Waals surface area contributed by atoms with Crippen molar-refractivity contribution in [1.82, 2.24) is 14.5 Å². The van der Waals surface area contributed by atoms with E-state index in [1.165, 1.54) is 17.0 Å². The van der Waals surface area contributed by atoms with Crippen molar-refractivity contribution >= 4 is 39.1 Å². The van der Waals surface area contributed by atoms with E-state index in [0.717, 1.165) is 31.7 Å². The Hall–Kier alpha value is -2.71. The van der Waals surface area contributed by atoms with Crippen molar-refractivity contribution in [3.05, 3.63) is 51.6 Å². The number of amides is 1. The molecular formula is C21H23N5O2S. The summed E-state index contributed by atoms with van der Waals surface area (Å²) in [6, 6.07) is 10.2. The summed E-state index contributed by atoms with van der Waals surface area (Å²) in [5.74, 6) is 0.468. The van der Waals surface area contributed by atoms with E-state index in [-0.39, 0.29) is 11.5 Å². The summed E-state index contributed by atoms with van der Waals surface area (Å²) in [6.07, 6.45) is 0.324.